The van der Waals surface area contributed by atoms with E-state index >= 15 is 0 Å². The van der Waals surface area contributed by atoms with Crippen molar-refractivity contribution < 1.29 is 0 Å². The van der Waals surface area contributed by atoms with Gasteiger partial charge in [0, 0.05) is 37.6 Å². The third kappa shape index (κ3) is 4.20. The molecule has 1 aliphatic rings. The zero-order valence-corrected chi connectivity index (χ0v) is 12.5. The third-order valence-corrected chi connectivity index (χ3v) is 4.02. The maximum atomic E-state index is 4.45. The number of pyridine rings is 1. The number of aromatic nitrogens is 1. The van der Waals surface area contributed by atoms with E-state index in [-0.39, 0.29) is 0 Å². The van der Waals surface area contributed by atoms with Gasteiger partial charge in [0.15, 0.2) is 0 Å². The fraction of sp³-hybridized carbons (Fsp3) is 0.688. The largest absolute Gasteiger partial charge is 0.372 e. The van der Waals surface area contributed by atoms with Crippen molar-refractivity contribution in [2.45, 2.75) is 64.6 Å². The van der Waals surface area contributed by atoms with Crippen LogP contribution in [0.2, 0.25) is 0 Å². The predicted molar refractivity (Wildman–Crippen MR) is 81.5 cm³/mol. The lowest BCUT2D eigenvalue weighted by Gasteiger charge is -2.33. The lowest BCUT2D eigenvalue weighted by molar-refractivity contribution is 0.427. The molecule has 1 aromatic rings. The van der Waals surface area contributed by atoms with E-state index in [4.69, 9.17) is 0 Å². The van der Waals surface area contributed by atoms with Gasteiger partial charge in [-0.3, -0.25) is 4.98 Å². The van der Waals surface area contributed by atoms with Crippen LogP contribution in [0.1, 0.15) is 51.6 Å². The van der Waals surface area contributed by atoms with Gasteiger partial charge < -0.3 is 10.2 Å². The first kappa shape index (κ1) is 14.3. The number of rotatable bonds is 5. The van der Waals surface area contributed by atoms with Crippen LogP contribution in [0.15, 0.2) is 18.3 Å². The molecule has 3 nitrogen and oxygen atoms in total. The fourth-order valence-corrected chi connectivity index (χ4v) is 2.77. The maximum Gasteiger partial charge on any atom is 0.0562 e. The number of hydrogen-bond donors (Lipinski definition) is 1. The molecule has 1 fully saturated rings. The Balaban J connectivity index is 2.00. The maximum absolute atomic E-state index is 4.45. The van der Waals surface area contributed by atoms with Crippen molar-refractivity contribution in [1.29, 1.82) is 0 Å². The fourth-order valence-electron chi connectivity index (χ4n) is 2.77. The first-order chi connectivity index (χ1) is 9.16. The molecule has 0 aliphatic heterocycles. The summed E-state index contributed by atoms with van der Waals surface area (Å²) in [5.74, 6) is 0. The van der Waals surface area contributed by atoms with Gasteiger partial charge in [-0.05, 0) is 25.0 Å². The molecule has 1 heterocycles. The number of nitrogens with zero attached hydrogens (tertiary/aromatic N) is 2. The van der Waals surface area contributed by atoms with E-state index in [1.165, 1.54) is 37.8 Å². The minimum absolute atomic E-state index is 0.501. The van der Waals surface area contributed by atoms with Crippen LogP contribution >= 0.6 is 0 Å². The lowest BCUT2D eigenvalue weighted by Crippen LogP contribution is -2.33. The van der Waals surface area contributed by atoms with Gasteiger partial charge in [0.25, 0.3) is 0 Å². The summed E-state index contributed by atoms with van der Waals surface area (Å²) in [6, 6.07) is 5.57. The highest BCUT2D eigenvalue weighted by molar-refractivity contribution is 5.46. The molecular weight excluding hydrogens is 234 g/mol. The van der Waals surface area contributed by atoms with E-state index < -0.39 is 0 Å². The van der Waals surface area contributed by atoms with E-state index in [0.717, 1.165) is 12.2 Å². The highest BCUT2D eigenvalue weighted by Gasteiger charge is 2.18. The molecule has 0 aromatic carbocycles. The zero-order valence-electron chi connectivity index (χ0n) is 12.5. The molecule has 0 unspecified atom stereocenters. The lowest BCUT2D eigenvalue weighted by atomic mass is 9.94. The van der Waals surface area contributed by atoms with Gasteiger partial charge in [0.05, 0.1) is 5.69 Å². The van der Waals surface area contributed by atoms with Crippen molar-refractivity contribution in [2.75, 3.05) is 11.9 Å². The summed E-state index contributed by atoms with van der Waals surface area (Å²) in [6.07, 6.45) is 8.76. The minimum Gasteiger partial charge on any atom is -0.372 e. The first-order valence-corrected chi connectivity index (χ1v) is 7.58. The molecule has 1 saturated carbocycles. The molecule has 2 rings (SSSR count). The Labute approximate surface area is 117 Å². The summed E-state index contributed by atoms with van der Waals surface area (Å²) in [5, 5.41) is 3.43. The number of hydrogen-bond acceptors (Lipinski definition) is 3. The van der Waals surface area contributed by atoms with Crippen LogP contribution in [-0.4, -0.2) is 24.1 Å². The van der Waals surface area contributed by atoms with Crippen LogP contribution in [0.25, 0.3) is 0 Å². The summed E-state index contributed by atoms with van der Waals surface area (Å²) in [5.41, 5.74) is 2.44. The Bertz CT molecular complexity index is 383. The second-order valence-corrected chi connectivity index (χ2v) is 5.94. The van der Waals surface area contributed by atoms with Gasteiger partial charge in [0.2, 0.25) is 0 Å². The Kier molecular flexibility index (Phi) is 5.20. The second-order valence-electron chi connectivity index (χ2n) is 5.94. The van der Waals surface area contributed by atoms with Crippen LogP contribution in [0, 0.1) is 0 Å². The van der Waals surface area contributed by atoms with Crippen LogP contribution in [0.3, 0.4) is 0 Å². The van der Waals surface area contributed by atoms with Gasteiger partial charge >= 0.3 is 0 Å². The number of anilines is 1. The van der Waals surface area contributed by atoms with Crippen LogP contribution in [-0.2, 0) is 6.54 Å². The van der Waals surface area contributed by atoms with Gasteiger partial charge in [-0.25, -0.2) is 0 Å². The standard InChI is InChI=1S/C16H27N3/c1-13(2)18-12-14-11-16(9-10-17-14)19(3)15-7-5-4-6-8-15/h9-11,13,15,18H,4-8,12H2,1-3H3. The Hall–Kier alpha value is -1.09. The highest BCUT2D eigenvalue weighted by Crippen LogP contribution is 2.26. The monoisotopic (exact) mass is 261 g/mol. The van der Waals surface area contributed by atoms with Gasteiger partial charge in [-0.1, -0.05) is 33.1 Å². The molecule has 0 spiro atoms. The molecule has 1 aromatic heterocycles. The van der Waals surface area contributed by atoms with E-state index in [0.29, 0.717) is 12.1 Å². The van der Waals surface area contributed by atoms with Crippen LogP contribution in [0.4, 0.5) is 5.69 Å². The summed E-state index contributed by atoms with van der Waals surface area (Å²) >= 11 is 0. The molecule has 0 bridgehead atoms. The van der Waals surface area contributed by atoms with Gasteiger partial charge in [0.1, 0.15) is 0 Å². The molecule has 0 radical (unpaired) electrons. The van der Waals surface area contributed by atoms with Crippen molar-refractivity contribution in [3.63, 3.8) is 0 Å². The van der Waals surface area contributed by atoms with Crippen molar-refractivity contribution in [3.05, 3.63) is 24.0 Å². The van der Waals surface area contributed by atoms with Crippen LogP contribution < -0.4 is 10.2 Å². The van der Waals surface area contributed by atoms with E-state index in [9.17, 15) is 0 Å². The average Bonchev–Trinajstić information content (AvgIpc) is 2.45. The molecule has 1 aliphatic carbocycles. The third-order valence-electron chi connectivity index (χ3n) is 4.02. The van der Waals surface area contributed by atoms with Crippen molar-refractivity contribution >= 4 is 5.69 Å². The Morgan fingerprint density at radius 2 is 2.05 bits per heavy atom. The molecule has 0 amide bonds. The van der Waals surface area contributed by atoms with Crippen molar-refractivity contribution in [1.82, 2.24) is 10.3 Å². The Morgan fingerprint density at radius 1 is 1.32 bits per heavy atom. The minimum atomic E-state index is 0.501. The molecule has 1 N–H and O–H groups in total. The molecule has 0 saturated heterocycles. The molecule has 19 heavy (non-hydrogen) atoms. The summed E-state index contributed by atoms with van der Waals surface area (Å²) in [7, 11) is 2.23. The highest BCUT2D eigenvalue weighted by atomic mass is 15.1. The summed E-state index contributed by atoms with van der Waals surface area (Å²) < 4.78 is 0. The van der Waals surface area contributed by atoms with Gasteiger partial charge in [-0.15, -0.1) is 0 Å². The van der Waals surface area contributed by atoms with Gasteiger partial charge in [-0.2, -0.15) is 0 Å². The Morgan fingerprint density at radius 3 is 2.74 bits per heavy atom. The smallest absolute Gasteiger partial charge is 0.0562 e. The average molecular weight is 261 g/mol. The normalized spacial score (nSPS) is 16.8. The molecule has 106 valence electrons. The van der Waals surface area contributed by atoms with Crippen molar-refractivity contribution in [3.8, 4) is 0 Å². The SMILES string of the molecule is CC(C)NCc1cc(N(C)C2CCCCC2)ccn1. The summed E-state index contributed by atoms with van der Waals surface area (Å²) in [4.78, 5) is 6.89. The predicted octanol–water partition coefficient (Wildman–Crippen LogP) is 3.35. The van der Waals surface area contributed by atoms with Crippen molar-refractivity contribution in [2.24, 2.45) is 0 Å². The topological polar surface area (TPSA) is 28.2 Å². The first-order valence-electron chi connectivity index (χ1n) is 7.58. The van der Waals surface area contributed by atoms with Crippen LogP contribution in [0.5, 0.6) is 0 Å². The zero-order chi connectivity index (χ0) is 13.7. The van der Waals surface area contributed by atoms with E-state index in [2.05, 4.69) is 48.2 Å². The van der Waals surface area contributed by atoms with E-state index in [1.807, 2.05) is 6.20 Å². The second kappa shape index (κ2) is 6.90. The quantitative estimate of drug-likeness (QED) is 0.881. The summed E-state index contributed by atoms with van der Waals surface area (Å²) in [6.45, 7) is 5.18. The molecular formula is C16H27N3. The molecule has 3 heteroatoms. The van der Waals surface area contributed by atoms with E-state index in [1.54, 1.807) is 0 Å². The molecule has 0 atom stereocenters. The number of nitrogens with one attached hydrogen (secondary N) is 1.